The second-order valence-corrected chi connectivity index (χ2v) is 5.21. The molecule has 0 aliphatic heterocycles. The SMILES string of the molecule is Cc1cc(C)cc(C(C)Nc2ccc([N+](=O)[O-])c(F)c2)c1. The second-order valence-electron chi connectivity index (χ2n) is 5.21. The van der Waals surface area contributed by atoms with Crippen LogP contribution < -0.4 is 5.32 Å². The molecule has 0 fully saturated rings. The molecule has 2 aromatic rings. The van der Waals surface area contributed by atoms with Crippen molar-refractivity contribution in [2.45, 2.75) is 26.8 Å². The molecule has 21 heavy (non-hydrogen) atoms. The van der Waals surface area contributed by atoms with Crippen LogP contribution in [0.2, 0.25) is 0 Å². The van der Waals surface area contributed by atoms with Crippen molar-refractivity contribution in [1.82, 2.24) is 0 Å². The zero-order valence-electron chi connectivity index (χ0n) is 12.2. The van der Waals surface area contributed by atoms with Crippen LogP contribution in [0.1, 0.15) is 29.7 Å². The maximum Gasteiger partial charge on any atom is 0.304 e. The Kier molecular flexibility index (Phi) is 4.21. The molecule has 4 nitrogen and oxygen atoms in total. The summed E-state index contributed by atoms with van der Waals surface area (Å²) in [6, 6.07) is 10.0. The van der Waals surface area contributed by atoms with Gasteiger partial charge in [-0.25, -0.2) is 0 Å². The summed E-state index contributed by atoms with van der Waals surface area (Å²) in [5.74, 6) is -0.836. The van der Waals surface area contributed by atoms with Gasteiger partial charge in [-0.2, -0.15) is 4.39 Å². The summed E-state index contributed by atoms with van der Waals surface area (Å²) in [5, 5.41) is 13.8. The number of hydrogen-bond donors (Lipinski definition) is 1. The van der Waals surface area contributed by atoms with Crippen LogP contribution in [0, 0.1) is 29.8 Å². The van der Waals surface area contributed by atoms with Crippen molar-refractivity contribution in [2.75, 3.05) is 5.32 Å². The van der Waals surface area contributed by atoms with E-state index >= 15 is 0 Å². The number of anilines is 1. The number of rotatable bonds is 4. The van der Waals surface area contributed by atoms with Gasteiger partial charge in [-0.05, 0) is 32.4 Å². The lowest BCUT2D eigenvalue weighted by Crippen LogP contribution is -2.07. The maximum absolute atomic E-state index is 13.6. The van der Waals surface area contributed by atoms with Gasteiger partial charge in [0, 0.05) is 23.9 Å². The quantitative estimate of drug-likeness (QED) is 0.664. The van der Waals surface area contributed by atoms with Crippen LogP contribution in [0.15, 0.2) is 36.4 Å². The molecule has 110 valence electrons. The fraction of sp³-hybridized carbons (Fsp3) is 0.250. The van der Waals surface area contributed by atoms with Crippen LogP contribution in [-0.4, -0.2) is 4.92 Å². The normalized spacial score (nSPS) is 12.0. The average molecular weight is 288 g/mol. The lowest BCUT2D eigenvalue weighted by Gasteiger charge is -2.17. The highest BCUT2D eigenvalue weighted by Crippen LogP contribution is 2.25. The fourth-order valence-corrected chi connectivity index (χ4v) is 2.34. The van der Waals surface area contributed by atoms with Gasteiger partial charge in [0.1, 0.15) is 0 Å². The minimum atomic E-state index is -0.836. The van der Waals surface area contributed by atoms with Crippen molar-refractivity contribution in [3.63, 3.8) is 0 Å². The molecule has 1 atom stereocenters. The van der Waals surface area contributed by atoms with Gasteiger partial charge < -0.3 is 5.32 Å². The summed E-state index contributed by atoms with van der Waals surface area (Å²) in [4.78, 5) is 9.87. The third-order valence-electron chi connectivity index (χ3n) is 3.27. The van der Waals surface area contributed by atoms with Crippen LogP contribution in [-0.2, 0) is 0 Å². The molecule has 0 heterocycles. The highest BCUT2D eigenvalue weighted by Gasteiger charge is 2.15. The van der Waals surface area contributed by atoms with Crippen LogP contribution in [0.4, 0.5) is 15.8 Å². The van der Waals surface area contributed by atoms with Gasteiger partial charge in [-0.15, -0.1) is 0 Å². The predicted octanol–water partition coefficient (Wildman–Crippen LogP) is 4.52. The van der Waals surface area contributed by atoms with E-state index in [-0.39, 0.29) is 6.04 Å². The van der Waals surface area contributed by atoms with Crippen LogP contribution >= 0.6 is 0 Å². The number of nitrogens with one attached hydrogen (secondary N) is 1. The molecule has 0 saturated heterocycles. The van der Waals surface area contributed by atoms with Gasteiger partial charge in [-0.3, -0.25) is 10.1 Å². The lowest BCUT2D eigenvalue weighted by atomic mass is 10.0. The first kappa shape index (κ1) is 15.0. The first-order valence-electron chi connectivity index (χ1n) is 6.65. The number of hydrogen-bond acceptors (Lipinski definition) is 3. The standard InChI is InChI=1S/C16H17FN2O2/c1-10-6-11(2)8-13(7-10)12(3)18-14-4-5-16(19(20)21)15(17)9-14/h4-9,12,18H,1-3H3. The zero-order valence-corrected chi connectivity index (χ0v) is 12.2. The summed E-state index contributed by atoms with van der Waals surface area (Å²) in [6.07, 6.45) is 0. The molecule has 0 spiro atoms. The van der Waals surface area contributed by atoms with E-state index in [1.807, 2.05) is 20.8 Å². The third kappa shape index (κ3) is 3.56. The molecule has 0 radical (unpaired) electrons. The van der Waals surface area contributed by atoms with Crippen molar-refractivity contribution >= 4 is 11.4 Å². The molecule has 1 N–H and O–H groups in total. The molecule has 5 heteroatoms. The molecule has 0 aliphatic rings. The number of halogens is 1. The second kappa shape index (κ2) is 5.91. The summed E-state index contributed by atoms with van der Waals surface area (Å²) < 4.78 is 13.6. The molecule has 0 aromatic heterocycles. The first-order chi connectivity index (χ1) is 9.86. The first-order valence-corrected chi connectivity index (χ1v) is 6.65. The van der Waals surface area contributed by atoms with Crippen LogP contribution in [0.3, 0.4) is 0 Å². The van der Waals surface area contributed by atoms with E-state index in [1.165, 1.54) is 12.1 Å². The Balaban J connectivity index is 2.21. The van der Waals surface area contributed by atoms with Gasteiger partial charge in [0.05, 0.1) is 4.92 Å². The van der Waals surface area contributed by atoms with Crippen molar-refractivity contribution < 1.29 is 9.31 Å². The molecule has 1 unspecified atom stereocenters. The predicted molar refractivity (Wildman–Crippen MR) is 81.0 cm³/mol. The number of aryl methyl sites for hydroxylation is 2. The van der Waals surface area contributed by atoms with Crippen LogP contribution in [0.5, 0.6) is 0 Å². The molecular weight excluding hydrogens is 271 g/mol. The minimum absolute atomic E-state index is 0.0237. The minimum Gasteiger partial charge on any atom is -0.378 e. The van der Waals surface area contributed by atoms with E-state index in [4.69, 9.17) is 0 Å². The smallest absolute Gasteiger partial charge is 0.304 e. The van der Waals surface area contributed by atoms with Crippen molar-refractivity contribution in [3.8, 4) is 0 Å². The highest BCUT2D eigenvalue weighted by atomic mass is 19.1. The van der Waals surface area contributed by atoms with Gasteiger partial charge in [-0.1, -0.05) is 29.3 Å². The van der Waals surface area contributed by atoms with Gasteiger partial charge in [0.25, 0.3) is 0 Å². The Bertz CT molecular complexity index is 666. The van der Waals surface area contributed by atoms with E-state index < -0.39 is 16.4 Å². The maximum atomic E-state index is 13.6. The van der Waals surface area contributed by atoms with Gasteiger partial charge in [0.15, 0.2) is 0 Å². The largest absolute Gasteiger partial charge is 0.378 e. The average Bonchev–Trinajstić information content (AvgIpc) is 2.37. The summed E-state index contributed by atoms with van der Waals surface area (Å²) in [5.41, 5.74) is 3.41. The number of nitro groups is 1. The lowest BCUT2D eigenvalue weighted by molar-refractivity contribution is -0.387. The van der Waals surface area contributed by atoms with E-state index in [9.17, 15) is 14.5 Å². The Hall–Kier alpha value is -2.43. The fourth-order valence-electron chi connectivity index (χ4n) is 2.34. The van der Waals surface area contributed by atoms with Crippen molar-refractivity contribution in [1.29, 1.82) is 0 Å². The van der Waals surface area contributed by atoms with E-state index in [2.05, 4.69) is 23.5 Å². The van der Waals surface area contributed by atoms with E-state index in [1.54, 1.807) is 0 Å². The molecule has 2 aromatic carbocycles. The molecular formula is C16H17FN2O2. The Morgan fingerprint density at radius 1 is 1.14 bits per heavy atom. The zero-order chi connectivity index (χ0) is 15.6. The Labute approximate surface area is 122 Å². The van der Waals surface area contributed by atoms with Crippen molar-refractivity contribution in [2.24, 2.45) is 0 Å². The number of nitrogens with zero attached hydrogens (tertiary/aromatic N) is 1. The molecule has 0 saturated carbocycles. The summed E-state index contributed by atoms with van der Waals surface area (Å²) >= 11 is 0. The van der Waals surface area contributed by atoms with E-state index in [0.717, 1.165) is 22.8 Å². The molecule has 0 aliphatic carbocycles. The third-order valence-corrected chi connectivity index (χ3v) is 3.27. The van der Waals surface area contributed by atoms with Gasteiger partial charge in [0.2, 0.25) is 5.82 Å². The number of benzene rings is 2. The Morgan fingerprint density at radius 2 is 1.76 bits per heavy atom. The van der Waals surface area contributed by atoms with Gasteiger partial charge >= 0.3 is 5.69 Å². The van der Waals surface area contributed by atoms with Crippen molar-refractivity contribution in [3.05, 3.63) is 69.0 Å². The topological polar surface area (TPSA) is 55.2 Å². The highest BCUT2D eigenvalue weighted by molar-refractivity contribution is 5.51. The summed E-state index contributed by atoms with van der Waals surface area (Å²) in [6.45, 7) is 6.01. The number of nitro benzene ring substituents is 1. The molecule has 2 rings (SSSR count). The monoisotopic (exact) mass is 288 g/mol. The molecule has 0 bridgehead atoms. The summed E-state index contributed by atoms with van der Waals surface area (Å²) in [7, 11) is 0. The molecule has 0 amide bonds. The van der Waals surface area contributed by atoms with E-state index in [0.29, 0.717) is 5.69 Å². The Morgan fingerprint density at radius 3 is 2.29 bits per heavy atom. The van der Waals surface area contributed by atoms with Crippen LogP contribution in [0.25, 0.3) is 0 Å².